The lowest BCUT2D eigenvalue weighted by atomic mass is 10.0. The van der Waals surface area contributed by atoms with E-state index in [1.54, 1.807) is 0 Å². The van der Waals surface area contributed by atoms with Gasteiger partial charge in [0.05, 0.1) is 0 Å². The van der Waals surface area contributed by atoms with E-state index >= 15 is 0 Å². The number of rotatable bonds is 2. The molecule has 0 saturated heterocycles. The van der Waals surface area contributed by atoms with Gasteiger partial charge in [0.2, 0.25) is 0 Å². The van der Waals surface area contributed by atoms with E-state index in [1.165, 1.54) is 19.3 Å². The molecule has 0 heterocycles. The molecule has 0 bridgehead atoms. The van der Waals surface area contributed by atoms with E-state index in [0.29, 0.717) is 17.1 Å². The van der Waals surface area contributed by atoms with E-state index in [4.69, 9.17) is 0 Å². The van der Waals surface area contributed by atoms with Gasteiger partial charge in [-0.1, -0.05) is 13.8 Å². The first-order chi connectivity index (χ1) is 4.66. The van der Waals surface area contributed by atoms with Gasteiger partial charge in [0.25, 0.3) is 0 Å². The summed E-state index contributed by atoms with van der Waals surface area (Å²) in [6, 6.07) is 0. The molecule has 0 aliphatic heterocycles. The number of carbonyl (C=O) groups is 1. The predicted molar refractivity (Wildman–Crippen MR) is 39.6 cm³/mol. The van der Waals surface area contributed by atoms with Gasteiger partial charge in [-0.3, -0.25) is 4.79 Å². The van der Waals surface area contributed by atoms with E-state index in [-0.39, 0.29) is 5.92 Å². The number of carbonyl (C=O) groups excluding carboxylic acids is 1. The summed E-state index contributed by atoms with van der Waals surface area (Å²) < 4.78 is 0. The van der Waals surface area contributed by atoms with Crippen LogP contribution in [0.3, 0.4) is 0 Å². The predicted octanol–water partition coefficient (Wildman–Crippen LogP) is 2.01. The van der Waals surface area contributed by atoms with Crippen molar-refractivity contribution >= 4 is 5.78 Å². The Labute approximate surface area is 61.8 Å². The van der Waals surface area contributed by atoms with Crippen LogP contribution in [0.1, 0.15) is 33.1 Å². The van der Waals surface area contributed by atoms with Crippen molar-refractivity contribution in [2.45, 2.75) is 33.1 Å². The van der Waals surface area contributed by atoms with E-state index in [1.807, 2.05) is 13.8 Å². The highest BCUT2D eigenvalue weighted by molar-refractivity contribution is 5.87. The third kappa shape index (κ3) is 0.727. The molecule has 2 fully saturated rings. The molecule has 1 unspecified atom stereocenters. The molecule has 1 heteroatoms. The second-order valence-corrected chi connectivity index (χ2v) is 4.18. The second kappa shape index (κ2) is 1.63. The lowest BCUT2D eigenvalue weighted by Crippen LogP contribution is -2.10. The number of ketones is 1. The second-order valence-electron chi connectivity index (χ2n) is 4.18. The monoisotopic (exact) mass is 138 g/mol. The van der Waals surface area contributed by atoms with Crippen molar-refractivity contribution in [3.8, 4) is 0 Å². The average molecular weight is 138 g/mol. The Balaban J connectivity index is 1.96. The van der Waals surface area contributed by atoms with Gasteiger partial charge in [-0.25, -0.2) is 0 Å². The molecule has 0 aromatic heterocycles. The molecule has 2 saturated carbocycles. The molecule has 2 rings (SSSR count). The van der Waals surface area contributed by atoms with Crippen LogP contribution in [0.5, 0.6) is 0 Å². The summed E-state index contributed by atoms with van der Waals surface area (Å²) in [5.74, 6) is 1.26. The summed E-state index contributed by atoms with van der Waals surface area (Å²) >= 11 is 0. The summed E-state index contributed by atoms with van der Waals surface area (Å²) in [5.41, 5.74) is 0.571. The average Bonchev–Trinajstić information content (AvgIpc) is 2.73. The fraction of sp³-hybridized carbons (Fsp3) is 0.889. The van der Waals surface area contributed by atoms with Gasteiger partial charge in [0, 0.05) is 11.8 Å². The number of Topliss-reactive ketones (excluding diaryl/α,β-unsaturated/α-hetero) is 1. The highest BCUT2D eigenvalue weighted by Gasteiger charge is 2.65. The quantitative estimate of drug-likeness (QED) is 0.570. The van der Waals surface area contributed by atoms with Crippen LogP contribution in [0.15, 0.2) is 0 Å². The third-order valence-electron chi connectivity index (χ3n) is 2.99. The molecule has 0 radical (unpaired) electrons. The fourth-order valence-corrected chi connectivity index (χ4v) is 1.87. The molecule has 0 aromatic rings. The molecular weight excluding hydrogens is 124 g/mol. The first-order valence-electron chi connectivity index (χ1n) is 4.19. The van der Waals surface area contributed by atoms with Gasteiger partial charge in [-0.05, 0) is 24.7 Å². The maximum Gasteiger partial charge on any atom is 0.139 e. The molecule has 2 aliphatic carbocycles. The van der Waals surface area contributed by atoms with Gasteiger partial charge in [-0.2, -0.15) is 0 Å². The minimum absolute atomic E-state index is 0.268. The number of hydrogen-bond acceptors (Lipinski definition) is 1. The van der Waals surface area contributed by atoms with Gasteiger partial charge < -0.3 is 0 Å². The van der Waals surface area contributed by atoms with Crippen LogP contribution < -0.4 is 0 Å². The Kier molecular flexibility index (Phi) is 1.04. The molecule has 56 valence electrons. The zero-order valence-corrected chi connectivity index (χ0v) is 6.68. The lowest BCUT2D eigenvalue weighted by Gasteiger charge is -2.00. The molecule has 1 atom stereocenters. The van der Waals surface area contributed by atoms with Crippen molar-refractivity contribution < 1.29 is 4.79 Å². The van der Waals surface area contributed by atoms with Crippen molar-refractivity contribution in [3.05, 3.63) is 0 Å². The molecular formula is C9H14O. The maximum atomic E-state index is 11.4. The Morgan fingerprint density at radius 1 is 1.50 bits per heavy atom. The zero-order valence-electron chi connectivity index (χ0n) is 6.68. The van der Waals surface area contributed by atoms with Crippen molar-refractivity contribution in [2.75, 3.05) is 0 Å². The van der Waals surface area contributed by atoms with E-state index < -0.39 is 0 Å². The van der Waals surface area contributed by atoms with E-state index in [2.05, 4.69) is 0 Å². The molecule has 0 amide bonds. The van der Waals surface area contributed by atoms with Crippen molar-refractivity contribution in [2.24, 2.45) is 17.3 Å². The summed E-state index contributed by atoms with van der Waals surface area (Å²) in [7, 11) is 0. The van der Waals surface area contributed by atoms with Gasteiger partial charge in [-0.15, -0.1) is 0 Å². The van der Waals surface area contributed by atoms with Crippen LogP contribution in [-0.4, -0.2) is 5.78 Å². The van der Waals surface area contributed by atoms with Crippen molar-refractivity contribution in [1.29, 1.82) is 0 Å². The fourth-order valence-electron chi connectivity index (χ4n) is 1.87. The molecule has 0 aromatic carbocycles. The first kappa shape index (κ1) is 6.38. The first-order valence-corrected chi connectivity index (χ1v) is 4.19. The van der Waals surface area contributed by atoms with Crippen LogP contribution in [0.2, 0.25) is 0 Å². The maximum absolute atomic E-state index is 11.4. The minimum Gasteiger partial charge on any atom is -0.299 e. The lowest BCUT2D eigenvalue weighted by molar-refractivity contribution is -0.123. The normalized spacial score (nSPS) is 32.9. The highest BCUT2D eigenvalue weighted by atomic mass is 16.1. The van der Waals surface area contributed by atoms with E-state index in [9.17, 15) is 4.79 Å². The zero-order chi connectivity index (χ0) is 7.35. The smallest absolute Gasteiger partial charge is 0.139 e. The molecule has 1 spiro atoms. The molecule has 1 nitrogen and oxygen atoms in total. The Morgan fingerprint density at radius 3 is 2.40 bits per heavy atom. The standard InChI is InChI=1S/C9H14O/c1-6(2)8(10)7-5-9(7)3-4-9/h6-7H,3-5H2,1-2H3. The van der Waals surface area contributed by atoms with Gasteiger partial charge in [0.1, 0.15) is 5.78 Å². The Morgan fingerprint density at radius 2 is 2.10 bits per heavy atom. The Bertz CT molecular complexity index is 177. The van der Waals surface area contributed by atoms with E-state index in [0.717, 1.165) is 0 Å². The van der Waals surface area contributed by atoms with Crippen molar-refractivity contribution in [1.82, 2.24) is 0 Å². The summed E-state index contributed by atoms with van der Waals surface area (Å²) in [4.78, 5) is 11.4. The minimum atomic E-state index is 0.268. The highest BCUT2D eigenvalue weighted by Crippen LogP contribution is 2.71. The van der Waals surface area contributed by atoms with Gasteiger partial charge >= 0.3 is 0 Å². The summed E-state index contributed by atoms with van der Waals surface area (Å²) in [5, 5.41) is 0. The van der Waals surface area contributed by atoms with Crippen LogP contribution in [-0.2, 0) is 4.79 Å². The van der Waals surface area contributed by atoms with Crippen LogP contribution in [0.25, 0.3) is 0 Å². The molecule has 10 heavy (non-hydrogen) atoms. The molecule has 0 N–H and O–H groups in total. The largest absolute Gasteiger partial charge is 0.299 e. The third-order valence-corrected chi connectivity index (χ3v) is 2.99. The molecule has 2 aliphatic rings. The SMILES string of the molecule is CC(C)C(=O)C1CC12CC2. The summed E-state index contributed by atoms with van der Waals surface area (Å²) in [6.07, 6.45) is 3.87. The van der Waals surface area contributed by atoms with Crippen LogP contribution in [0.4, 0.5) is 0 Å². The van der Waals surface area contributed by atoms with Gasteiger partial charge in [0.15, 0.2) is 0 Å². The number of hydrogen-bond donors (Lipinski definition) is 0. The van der Waals surface area contributed by atoms with Crippen molar-refractivity contribution in [3.63, 3.8) is 0 Å². The topological polar surface area (TPSA) is 17.1 Å². The summed E-state index contributed by atoms with van der Waals surface area (Å²) in [6.45, 7) is 4.02. The van der Waals surface area contributed by atoms with Crippen LogP contribution >= 0.6 is 0 Å². The van der Waals surface area contributed by atoms with Crippen LogP contribution in [0, 0.1) is 17.3 Å². The Hall–Kier alpha value is -0.330.